The molecule has 0 aromatic heterocycles. The lowest BCUT2D eigenvalue weighted by Gasteiger charge is -2.25. The van der Waals surface area contributed by atoms with Gasteiger partial charge in [-0.2, -0.15) is 13.2 Å². The number of aliphatic hydroxyl groups excluding tert-OH is 1. The fourth-order valence-corrected chi connectivity index (χ4v) is 2.28. The van der Waals surface area contributed by atoms with Crippen LogP contribution in [0.4, 0.5) is 13.2 Å². The molecule has 0 bridgehead atoms. The van der Waals surface area contributed by atoms with Crippen molar-refractivity contribution in [2.24, 2.45) is 0 Å². The Morgan fingerprint density at radius 2 is 2.00 bits per heavy atom. The standard InChI is InChI=1S/C14H18F3NO3/c1-2-5-18(8-14(15,16)17)7-11(19)10-3-4-12-13(6-10)21-9-20-12/h3-4,6,11,19H,2,5,7-9H2,1H3. The first-order chi connectivity index (χ1) is 9.89. The van der Waals surface area contributed by atoms with E-state index in [4.69, 9.17) is 9.47 Å². The maximum Gasteiger partial charge on any atom is 0.401 e. The van der Waals surface area contributed by atoms with E-state index in [2.05, 4.69) is 0 Å². The van der Waals surface area contributed by atoms with E-state index >= 15 is 0 Å². The van der Waals surface area contributed by atoms with Gasteiger partial charge < -0.3 is 14.6 Å². The van der Waals surface area contributed by atoms with Crippen molar-refractivity contribution in [2.75, 3.05) is 26.4 Å². The number of aliphatic hydroxyl groups is 1. The third kappa shape index (κ3) is 4.50. The summed E-state index contributed by atoms with van der Waals surface area (Å²) in [6, 6.07) is 4.88. The second kappa shape index (κ2) is 6.53. The van der Waals surface area contributed by atoms with E-state index < -0.39 is 18.8 Å². The highest BCUT2D eigenvalue weighted by molar-refractivity contribution is 5.45. The maximum absolute atomic E-state index is 12.5. The fourth-order valence-electron chi connectivity index (χ4n) is 2.28. The predicted molar refractivity (Wildman–Crippen MR) is 70.3 cm³/mol. The van der Waals surface area contributed by atoms with Gasteiger partial charge in [-0.05, 0) is 30.7 Å². The summed E-state index contributed by atoms with van der Waals surface area (Å²) >= 11 is 0. The van der Waals surface area contributed by atoms with E-state index in [9.17, 15) is 18.3 Å². The van der Waals surface area contributed by atoms with Gasteiger partial charge in [0.2, 0.25) is 6.79 Å². The molecule has 0 fully saturated rings. The third-order valence-corrected chi connectivity index (χ3v) is 3.16. The molecule has 0 amide bonds. The van der Waals surface area contributed by atoms with E-state index in [1.807, 2.05) is 0 Å². The van der Waals surface area contributed by atoms with Crippen LogP contribution in [0.15, 0.2) is 18.2 Å². The summed E-state index contributed by atoms with van der Waals surface area (Å²) in [4.78, 5) is 1.20. The first-order valence-corrected chi connectivity index (χ1v) is 6.76. The molecule has 1 atom stereocenters. The minimum atomic E-state index is -4.27. The molecule has 0 aliphatic carbocycles. The SMILES string of the molecule is CCCN(CC(O)c1ccc2c(c1)OCO2)CC(F)(F)F. The Morgan fingerprint density at radius 3 is 2.67 bits per heavy atom. The van der Waals surface area contributed by atoms with Crippen LogP contribution in [-0.2, 0) is 0 Å². The van der Waals surface area contributed by atoms with E-state index in [1.54, 1.807) is 25.1 Å². The molecule has 7 heteroatoms. The van der Waals surface area contributed by atoms with Crippen LogP contribution in [0.5, 0.6) is 11.5 Å². The quantitative estimate of drug-likeness (QED) is 0.877. The van der Waals surface area contributed by atoms with Crippen molar-refractivity contribution in [3.8, 4) is 11.5 Å². The van der Waals surface area contributed by atoms with Gasteiger partial charge in [-0.3, -0.25) is 4.90 Å². The molecule has 1 N–H and O–H groups in total. The van der Waals surface area contributed by atoms with Crippen molar-refractivity contribution in [3.63, 3.8) is 0 Å². The maximum atomic E-state index is 12.5. The first-order valence-electron chi connectivity index (χ1n) is 6.76. The van der Waals surface area contributed by atoms with E-state index in [-0.39, 0.29) is 19.9 Å². The van der Waals surface area contributed by atoms with E-state index in [1.165, 1.54) is 4.90 Å². The summed E-state index contributed by atoms with van der Waals surface area (Å²) in [5.41, 5.74) is 0.516. The van der Waals surface area contributed by atoms with Gasteiger partial charge in [-0.1, -0.05) is 13.0 Å². The number of nitrogens with zero attached hydrogens (tertiary/aromatic N) is 1. The largest absolute Gasteiger partial charge is 0.454 e. The Hall–Kier alpha value is -1.47. The average Bonchev–Trinajstić information content (AvgIpc) is 2.83. The topological polar surface area (TPSA) is 41.9 Å². The van der Waals surface area contributed by atoms with Gasteiger partial charge in [0.15, 0.2) is 11.5 Å². The molecule has 118 valence electrons. The summed E-state index contributed by atoms with van der Waals surface area (Å²) in [5.74, 6) is 1.08. The molecule has 1 aliphatic heterocycles. The second-order valence-electron chi connectivity index (χ2n) is 4.98. The number of rotatable bonds is 6. The van der Waals surface area contributed by atoms with Crippen molar-refractivity contribution in [1.29, 1.82) is 0 Å². The number of fused-ring (bicyclic) bond motifs is 1. The molecule has 21 heavy (non-hydrogen) atoms. The Balaban J connectivity index is 2.02. The molecule has 0 saturated heterocycles. The van der Waals surface area contributed by atoms with Crippen molar-refractivity contribution in [3.05, 3.63) is 23.8 Å². The Kier molecular flexibility index (Phi) is 4.95. The zero-order valence-corrected chi connectivity index (χ0v) is 11.7. The molecule has 1 aromatic rings. The van der Waals surface area contributed by atoms with Crippen LogP contribution in [0, 0.1) is 0 Å². The summed E-state index contributed by atoms with van der Waals surface area (Å²) in [6.07, 6.45) is -4.69. The van der Waals surface area contributed by atoms with Gasteiger partial charge in [0.25, 0.3) is 0 Å². The van der Waals surface area contributed by atoms with Crippen LogP contribution in [0.3, 0.4) is 0 Å². The van der Waals surface area contributed by atoms with Gasteiger partial charge in [0.05, 0.1) is 12.6 Å². The molecule has 4 nitrogen and oxygen atoms in total. The molecule has 0 radical (unpaired) electrons. The average molecular weight is 305 g/mol. The van der Waals surface area contributed by atoms with Gasteiger partial charge >= 0.3 is 6.18 Å². The molecule has 0 saturated carbocycles. The lowest BCUT2D eigenvalue weighted by molar-refractivity contribution is -0.148. The van der Waals surface area contributed by atoms with Crippen molar-refractivity contribution < 1.29 is 27.8 Å². The van der Waals surface area contributed by atoms with Crippen LogP contribution in [0.25, 0.3) is 0 Å². The monoisotopic (exact) mass is 305 g/mol. The van der Waals surface area contributed by atoms with Gasteiger partial charge in [0, 0.05) is 6.54 Å². The van der Waals surface area contributed by atoms with Gasteiger partial charge in [-0.15, -0.1) is 0 Å². The predicted octanol–water partition coefficient (Wildman–Crippen LogP) is 2.72. The Labute approximate surface area is 121 Å². The number of ether oxygens (including phenoxy) is 2. The number of hydrogen-bond acceptors (Lipinski definition) is 4. The lowest BCUT2D eigenvalue weighted by atomic mass is 10.1. The minimum Gasteiger partial charge on any atom is -0.454 e. The zero-order chi connectivity index (χ0) is 15.5. The van der Waals surface area contributed by atoms with Crippen LogP contribution >= 0.6 is 0 Å². The fraction of sp³-hybridized carbons (Fsp3) is 0.571. The van der Waals surface area contributed by atoms with Crippen LogP contribution in [0.2, 0.25) is 0 Å². The second-order valence-corrected chi connectivity index (χ2v) is 4.98. The molecule has 1 unspecified atom stereocenters. The van der Waals surface area contributed by atoms with Crippen molar-refractivity contribution in [1.82, 2.24) is 4.90 Å². The van der Waals surface area contributed by atoms with Crippen molar-refractivity contribution >= 4 is 0 Å². The number of hydrogen-bond donors (Lipinski definition) is 1. The first kappa shape index (κ1) is 15.9. The van der Waals surface area contributed by atoms with Gasteiger partial charge in [-0.25, -0.2) is 0 Å². The molecule has 1 aliphatic rings. The Bertz CT molecular complexity index is 479. The van der Waals surface area contributed by atoms with E-state index in [0.717, 1.165) is 0 Å². The lowest BCUT2D eigenvalue weighted by Crippen LogP contribution is -2.37. The molecule has 1 heterocycles. The number of halogens is 3. The highest BCUT2D eigenvalue weighted by atomic mass is 19.4. The molecular formula is C14H18F3NO3. The Morgan fingerprint density at radius 1 is 1.29 bits per heavy atom. The minimum absolute atomic E-state index is 0.0764. The molecular weight excluding hydrogens is 287 g/mol. The van der Waals surface area contributed by atoms with Crippen LogP contribution in [-0.4, -0.2) is 42.6 Å². The summed E-state index contributed by atoms with van der Waals surface area (Å²) in [7, 11) is 0. The normalized spacial score (nSPS) is 15.5. The summed E-state index contributed by atoms with van der Waals surface area (Å²) < 4.78 is 47.9. The number of alkyl halides is 3. The third-order valence-electron chi connectivity index (χ3n) is 3.16. The van der Waals surface area contributed by atoms with Crippen LogP contribution < -0.4 is 9.47 Å². The molecule has 1 aromatic carbocycles. The number of benzene rings is 1. The molecule has 0 spiro atoms. The van der Waals surface area contributed by atoms with Gasteiger partial charge in [0.1, 0.15) is 0 Å². The zero-order valence-electron chi connectivity index (χ0n) is 11.7. The van der Waals surface area contributed by atoms with Crippen LogP contribution in [0.1, 0.15) is 25.0 Å². The highest BCUT2D eigenvalue weighted by Crippen LogP contribution is 2.34. The smallest absolute Gasteiger partial charge is 0.401 e. The molecule has 2 rings (SSSR count). The summed E-state index contributed by atoms with van der Waals surface area (Å²) in [6.45, 7) is 1.10. The van der Waals surface area contributed by atoms with E-state index in [0.29, 0.717) is 23.5 Å². The van der Waals surface area contributed by atoms with Crippen molar-refractivity contribution in [2.45, 2.75) is 25.6 Å². The highest BCUT2D eigenvalue weighted by Gasteiger charge is 2.31. The summed E-state index contributed by atoms with van der Waals surface area (Å²) in [5, 5.41) is 10.1.